The van der Waals surface area contributed by atoms with E-state index in [-0.39, 0.29) is 27.3 Å². The lowest BCUT2D eigenvalue weighted by Crippen LogP contribution is -2.50. The number of Topliss-reactive ketones (excluding diaryl/α,β-unsaturated/α-hetero) is 1. The Morgan fingerprint density at radius 2 is 2.00 bits per heavy atom. The van der Waals surface area contributed by atoms with Gasteiger partial charge in [0.2, 0.25) is 5.91 Å². The standard InChI is InChI=1S/C13H20BrNO2/c1-5-15-10(17)13-7-6-12(4,11(13,2)3)9(16)8(13)14/h8H,5-7H2,1-4H3,(H,15,17)/t8-,12-,13-/m0/s1. The molecule has 0 aromatic rings. The minimum absolute atomic E-state index is 0.0291. The molecule has 1 N–H and O–H groups in total. The van der Waals surface area contributed by atoms with Crippen molar-refractivity contribution in [2.75, 3.05) is 6.54 Å². The van der Waals surface area contributed by atoms with Gasteiger partial charge in [0.1, 0.15) is 0 Å². The average Bonchev–Trinajstić information content (AvgIpc) is 2.52. The van der Waals surface area contributed by atoms with Crippen LogP contribution in [0.4, 0.5) is 0 Å². The summed E-state index contributed by atoms with van der Waals surface area (Å²) in [4.78, 5) is 24.5. The van der Waals surface area contributed by atoms with E-state index in [9.17, 15) is 9.59 Å². The minimum atomic E-state index is -0.575. The quantitative estimate of drug-likeness (QED) is 0.796. The highest BCUT2D eigenvalue weighted by atomic mass is 79.9. The fourth-order valence-corrected chi connectivity index (χ4v) is 5.29. The maximum Gasteiger partial charge on any atom is 0.228 e. The third-order valence-electron chi connectivity index (χ3n) is 5.46. The zero-order chi connectivity index (χ0) is 13.1. The third-order valence-corrected chi connectivity index (χ3v) is 6.66. The Morgan fingerprint density at radius 1 is 1.41 bits per heavy atom. The van der Waals surface area contributed by atoms with Crippen LogP contribution in [0.2, 0.25) is 0 Å². The summed E-state index contributed by atoms with van der Waals surface area (Å²) in [5.74, 6) is 0.224. The van der Waals surface area contributed by atoms with E-state index in [0.717, 1.165) is 12.8 Å². The molecular formula is C13H20BrNO2. The second-order valence-corrected chi connectivity index (χ2v) is 6.93. The van der Waals surface area contributed by atoms with Gasteiger partial charge in [-0.3, -0.25) is 9.59 Å². The number of amides is 1. The Balaban J connectivity index is 2.54. The zero-order valence-electron chi connectivity index (χ0n) is 10.9. The van der Waals surface area contributed by atoms with Gasteiger partial charge in [0.15, 0.2) is 5.78 Å². The number of halogens is 1. The van der Waals surface area contributed by atoms with E-state index >= 15 is 0 Å². The molecular weight excluding hydrogens is 282 g/mol. The number of carbonyl (C=O) groups is 2. The highest BCUT2D eigenvalue weighted by Gasteiger charge is 2.76. The topological polar surface area (TPSA) is 46.2 Å². The smallest absolute Gasteiger partial charge is 0.228 e. The van der Waals surface area contributed by atoms with E-state index in [2.05, 4.69) is 35.1 Å². The number of hydrogen-bond acceptors (Lipinski definition) is 2. The summed E-state index contributed by atoms with van der Waals surface area (Å²) in [6, 6.07) is 0. The summed E-state index contributed by atoms with van der Waals surface area (Å²) in [5, 5.41) is 2.91. The monoisotopic (exact) mass is 301 g/mol. The molecule has 96 valence electrons. The highest BCUT2D eigenvalue weighted by Crippen LogP contribution is 2.72. The molecule has 0 aromatic carbocycles. The van der Waals surface area contributed by atoms with Crippen molar-refractivity contribution in [3.8, 4) is 0 Å². The molecule has 2 fully saturated rings. The molecule has 0 heterocycles. The molecule has 0 unspecified atom stereocenters. The van der Waals surface area contributed by atoms with Crippen molar-refractivity contribution in [1.82, 2.24) is 5.32 Å². The molecule has 0 saturated heterocycles. The molecule has 2 bridgehead atoms. The lowest BCUT2D eigenvalue weighted by Gasteiger charge is -2.39. The van der Waals surface area contributed by atoms with Gasteiger partial charge >= 0.3 is 0 Å². The van der Waals surface area contributed by atoms with Crippen molar-refractivity contribution in [3.63, 3.8) is 0 Å². The van der Waals surface area contributed by atoms with Crippen molar-refractivity contribution in [2.45, 2.75) is 45.4 Å². The van der Waals surface area contributed by atoms with Crippen LogP contribution in [0.5, 0.6) is 0 Å². The van der Waals surface area contributed by atoms with Crippen molar-refractivity contribution >= 4 is 27.6 Å². The predicted octanol–water partition coefficient (Wildman–Crippen LogP) is 2.28. The van der Waals surface area contributed by atoms with Crippen molar-refractivity contribution in [3.05, 3.63) is 0 Å². The van der Waals surface area contributed by atoms with E-state index in [1.807, 2.05) is 13.8 Å². The maximum atomic E-state index is 12.4. The second kappa shape index (κ2) is 3.56. The van der Waals surface area contributed by atoms with Gasteiger partial charge in [-0.25, -0.2) is 0 Å². The summed E-state index contributed by atoms with van der Waals surface area (Å²) < 4.78 is 0. The van der Waals surface area contributed by atoms with Crippen LogP contribution in [-0.4, -0.2) is 23.1 Å². The second-order valence-electron chi connectivity index (χ2n) is 6.01. The highest BCUT2D eigenvalue weighted by molar-refractivity contribution is 9.10. The molecule has 0 aliphatic heterocycles. The SMILES string of the molecule is CCNC(=O)[C@]12CC[C@@](C)(C(=O)[C@@H]1Br)C2(C)C. The number of rotatable bonds is 2. The molecule has 2 aliphatic rings. The fourth-order valence-electron chi connectivity index (χ4n) is 3.77. The molecule has 2 saturated carbocycles. The van der Waals surface area contributed by atoms with Crippen LogP contribution in [0, 0.1) is 16.2 Å². The van der Waals surface area contributed by atoms with Crippen LogP contribution in [0.15, 0.2) is 0 Å². The molecule has 0 spiro atoms. The average molecular weight is 302 g/mol. The molecule has 2 aliphatic carbocycles. The number of carbonyl (C=O) groups excluding carboxylic acids is 2. The van der Waals surface area contributed by atoms with Crippen LogP contribution >= 0.6 is 15.9 Å². The van der Waals surface area contributed by atoms with Gasteiger partial charge in [0.25, 0.3) is 0 Å². The van der Waals surface area contributed by atoms with E-state index in [4.69, 9.17) is 0 Å². The van der Waals surface area contributed by atoms with Crippen molar-refractivity contribution < 1.29 is 9.59 Å². The van der Waals surface area contributed by atoms with Gasteiger partial charge in [-0.1, -0.05) is 36.7 Å². The van der Waals surface area contributed by atoms with Crippen LogP contribution in [-0.2, 0) is 9.59 Å². The summed E-state index contributed by atoms with van der Waals surface area (Å²) in [7, 11) is 0. The van der Waals surface area contributed by atoms with E-state index in [1.54, 1.807) is 0 Å². The van der Waals surface area contributed by atoms with E-state index < -0.39 is 5.41 Å². The molecule has 4 heteroatoms. The Morgan fingerprint density at radius 3 is 2.41 bits per heavy atom. The number of alkyl halides is 1. The summed E-state index contributed by atoms with van der Waals surface area (Å²) in [5.41, 5.74) is -1.23. The number of hydrogen-bond donors (Lipinski definition) is 1. The minimum Gasteiger partial charge on any atom is -0.356 e. The first-order chi connectivity index (χ1) is 7.75. The van der Waals surface area contributed by atoms with Crippen molar-refractivity contribution in [1.29, 1.82) is 0 Å². The van der Waals surface area contributed by atoms with Crippen molar-refractivity contribution in [2.24, 2.45) is 16.2 Å². The fraction of sp³-hybridized carbons (Fsp3) is 0.846. The van der Waals surface area contributed by atoms with Crippen LogP contribution in [0.1, 0.15) is 40.5 Å². The molecule has 17 heavy (non-hydrogen) atoms. The zero-order valence-corrected chi connectivity index (χ0v) is 12.5. The lowest BCUT2D eigenvalue weighted by molar-refractivity contribution is -0.135. The lowest BCUT2D eigenvalue weighted by atomic mass is 9.64. The summed E-state index contributed by atoms with van der Waals surface area (Å²) in [6.45, 7) is 8.66. The van der Waals surface area contributed by atoms with Crippen LogP contribution < -0.4 is 5.32 Å². The molecule has 0 aromatic heterocycles. The molecule has 3 nitrogen and oxygen atoms in total. The number of ketones is 1. The Kier molecular flexibility index (Phi) is 2.74. The molecule has 1 amide bonds. The first-order valence-electron chi connectivity index (χ1n) is 6.22. The number of fused-ring (bicyclic) bond motifs is 2. The molecule has 2 rings (SSSR count). The van der Waals surface area contributed by atoms with Crippen LogP contribution in [0.25, 0.3) is 0 Å². The van der Waals surface area contributed by atoms with E-state index in [0.29, 0.717) is 6.54 Å². The normalized spacial score (nSPS) is 42.9. The van der Waals surface area contributed by atoms with Gasteiger partial charge in [0.05, 0.1) is 10.2 Å². The largest absolute Gasteiger partial charge is 0.356 e. The summed E-state index contributed by atoms with van der Waals surface area (Å²) in [6.07, 6.45) is 1.61. The summed E-state index contributed by atoms with van der Waals surface area (Å²) >= 11 is 3.49. The molecule has 3 atom stereocenters. The first-order valence-corrected chi connectivity index (χ1v) is 7.14. The predicted molar refractivity (Wildman–Crippen MR) is 70.0 cm³/mol. The maximum absolute atomic E-state index is 12.4. The van der Waals surface area contributed by atoms with Gasteiger partial charge in [-0.15, -0.1) is 0 Å². The first kappa shape index (κ1) is 13.1. The van der Waals surface area contributed by atoms with Gasteiger partial charge < -0.3 is 5.32 Å². The Bertz CT molecular complexity index is 393. The van der Waals surface area contributed by atoms with E-state index in [1.165, 1.54) is 0 Å². The Labute approximate surface area is 111 Å². The van der Waals surface area contributed by atoms with Crippen LogP contribution in [0.3, 0.4) is 0 Å². The number of nitrogens with one attached hydrogen (secondary N) is 1. The third kappa shape index (κ3) is 1.18. The van der Waals surface area contributed by atoms with Gasteiger partial charge in [-0.05, 0) is 25.2 Å². The van der Waals surface area contributed by atoms with Gasteiger partial charge in [-0.2, -0.15) is 0 Å². The Hall–Kier alpha value is -0.380. The molecule has 0 radical (unpaired) electrons. The van der Waals surface area contributed by atoms with Gasteiger partial charge in [0, 0.05) is 12.0 Å².